The smallest absolute Gasteiger partial charge is 0.244 e. The van der Waals surface area contributed by atoms with Crippen LogP contribution in [0.5, 0.6) is 0 Å². The quantitative estimate of drug-likeness (QED) is 0.645. The molecule has 156 valence electrons. The van der Waals surface area contributed by atoms with E-state index in [1.54, 1.807) is 6.92 Å². The molecule has 0 saturated heterocycles. The summed E-state index contributed by atoms with van der Waals surface area (Å²) in [5.74, 6) is 0. The zero-order valence-corrected chi connectivity index (χ0v) is 17.3. The maximum absolute atomic E-state index is 13.6. The molecule has 12 heteroatoms. The summed E-state index contributed by atoms with van der Waals surface area (Å²) in [5.41, 5.74) is -2.60. The summed E-state index contributed by atoms with van der Waals surface area (Å²) in [5, 5.41) is 9.24. The molecule has 0 aliphatic heterocycles. The van der Waals surface area contributed by atoms with Gasteiger partial charge < -0.3 is 0 Å². The fourth-order valence-electron chi connectivity index (χ4n) is 3.35. The summed E-state index contributed by atoms with van der Waals surface area (Å²) in [6, 6.07) is 6.77. The van der Waals surface area contributed by atoms with Gasteiger partial charge in [0.05, 0.1) is 11.0 Å². The Morgan fingerprint density at radius 3 is 2.24 bits per heavy atom. The number of aryl methyl sites for hydroxylation is 1. The average molecular weight is 467 g/mol. The van der Waals surface area contributed by atoms with E-state index in [0.717, 1.165) is 5.56 Å². The predicted octanol–water partition coefficient (Wildman–Crippen LogP) is 3.52. The number of alkyl halides is 3. The summed E-state index contributed by atoms with van der Waals surface area (Å²) in [6.45, 7) is 1.72. The summed E-state index contributed by atoms with van der Waals surface area (Å²) in [4.78, 5) is -0.807. The molecule has 1 aromatic carbocycles. The van der Waals surface area contributed by atoms with Crippen molar-refractivity contribution in [3.8, 4) is 6.07 Å². The van der Waals surface area contributed by atoms with Crippen LogP contribution in [0.15, 0.2) is 40.3 Å². The van der Waals surface area contributed by atoms with Gasteiger partial charge in [0.2, 0.25) is 0 Å². The lowest BCUT2D eigenvalue weighted by Crippen LogP contribution is -2.42. The zero-order valence-electron chi connectivity index (χ0n) is 14.9. The molecule has 0 bridgehead atoms. The molecule has 1 aliphatic carbocycles. The van der Waals surface area contributed by atoms with Crippen LogP contribution in [0.3, 0.4) is 0 Å². The second kappa shape index (κ2) is 6.75. The first kappa shape index (κ1) is 21.7. The number of halogens is 4. The van der Waals surface area contributed by atoms with Gasteiger partial charge in [-0.05, 0) is 37.5 Å². The molecule has 29 heavy (non-hydrogen) atoms. The number of hydrogen-bond acceptors (Lipinski definition) is 5. The van der Waals surface area contributed by atoms with Gasteiger partial charge in [-0.3, -0.25) is 0 Å². The summed E-state index contributed by atoms with van der Waals surface area (Å²) in [6.07, 6.45) is -6.37. The van der Waals surface area contributed by atoms with Gasteiger partial charge in [0, 0.05) is 29.0 Å². The number of nitriles is 1. The Balaban J connectivity index is 2.29. The number of aromatic nitrogens is 1. The largest absolute Gasteiger partial charge is 0.407 e. The van der Waals surface area contributed by atoms with Crippen molar-refractivity contribution in [2.24, 2.45) is 5.41 Å². The lowest BCUT2D eigenvalue weighted by atomic mass is 9.74. The number of fused-ring (bicyclic) bond motifs is 1. The summed E-state index contributed by atoms with van der Waals surface area (Å²) < 4.78 is 91.3. The third kappa shape index (κ3) is 3.53. The number of hydrogen-bond donors (Lipinski definition) is 0. The first-order valence-electron chi connectivity index (χ1n) is 8.21. The van der Waals surface area contributed by atoms with Crippen LogP contribution in [0.2, 0.25) is 0 Å². The van der Waals surface area contributed by atoms with E-state index in [-0.39, 0.29) is 10.5 Å². The second-order valence-corrected chi connectivity index (χ2v) is 11.2. The first-order chi connectivity index (χ1) is 13.2. The van der Waals surface area contributed by atoms with Gasteiger partial charge in [0.15, 0.2) is 5.41 Å². The molecule has 0 amide bonds. The van der Waals surface area contributed by atoms with Crippen molar-refractivity contribution in [3.05, 3.63) is 47.3 Å². The van der Waals surface area contributed by atoms with Crippen molar-refractivity contribution < 1.29 is 30.0 Å². The van der Waals surface area contributed by atoms with Crippen molar-refractivity contribution in [1.29, 1.82) is 5.26 Å². The monoisotopic (exact) mass is 466 g/mol. The van der Waals surface area contributed by atoms with E-state index in [0.29, 0.717) is 10.2 Å². The first-order valence-corrected chi connectivity index (χ1v) is 12.0. The van der Waals surface area contributed by atoms with Crippen molar-refractivity contribution >= 4 is 29.8 Å². The molecule has 0 fully saturated rings. The van der Waals surface area contributed by atoms with Crippen molar-refractivity contribution in [1.82, 2.24) is 3.97 Å². The molecule has 1 aromatic heterocycles. The molecule has 0 saturated carbocycles. The molecule has 6 nitrogen and oxygen atoms in total. The molecule has 1 heterocycles. The van der Waals surface area contributed by atoms with E-state index in [4.69, 9.17) is 10.7 Å². The standard InChI is InChI=1S/C17H14ClF3N2O4S2/c1-11-2-4-12(5-3-11)29(26,27)23-9-15(28(18,24)25)13-6-7-16(10-22,8-14(13)23)17(19,20)21/h2-5,9H,6-8H2,1H3/t16-/m0/s1. The Kier molecular flexibility index (Phi) is 5.05. The fourth-order valence-corrected chi connectivity index (χ4v) is 5.98. The molecule has 0 N–H and O–H groups in total. The van der Waals surface area contributed by atoms with Crippen LogP contribution in [0.4, 0.5) is 13.2 Å². The maximum atomic E-state index is 13.6. The number of rotatable bonds is 3. The highest BCUT2D eigenvalue weighted by Gasteiger charge is 2.58. The van der Waals surface area contributed by atoms with Gasteiger partial charge >= 0.3 is 6.18 Å². The molecule has 1 aliphatic rings. The molecular weight excluding hydrogens is 453 g/mol. The van der Waals surface area contributed by atoms with E-state index >= 15 is 0 Å². The van der Waals surface area contributed by atoms with E-state index in [2.05, 4.69) is 0 Å². The highest BCUT2D eigenvalue weighted by molar-refractivity contribution is 8.13. The van der Waals surface area contributed by atoms with E-state index in [1.807, 2.05) is 0 Å². The minimum Gasteiger partial charge on any atom is -0.244 e. The van der Waals surface area contributed by atoms with Crippen LogP contribution in [0, 0.1) is 23.7 Å². The van der Waals surface area contributed by atoms with Crippen molar-refractivity contribution in [2.45, 2.75) is 42.2 Å². The minimum absolute atomic E-state index is 0.120. The maximum Gasteiger partial charge on any atom is 0.407 e. The van der Waals surface area contributed by atoms with E-state index in [9.17, 15) is 35.3 Å². The highest BCUT2D eigenvalue weighted by Crippen LogP contribution is 2.49. The normalized spacial score (nSPS) is 20.1. The lowest BCUT2D eigenvalue weighted by Gasteiger charge is -2.33. The zero-order chi connectivity index (χ0) is 21.8. The summed E-state index contributed by atoms with van der Waals surface area (Å²) >= 11 is 0. The second-order valence-electron chi connectivity index (χ2n) is 6.84. The highest BCUT2D eigenvalue weighted by atomic mass is 35.7. The van der Waals surface area contributed by atoms with Gasteiger partial charge in [0.25, 0.3) is 19.1 Å². The van der Waals surface area contributed by atoms with Crippen LogP contribution in [-0.4, -0.2) is 27.0 Å². The third-order valence-corrected chi connectivity index (χ3v) is 8.10. The van der Waals surface area contributed by atoms with Gasteiger partial charge in [-0.15, -0.1) is 0 Å². The Hall–Kier alpha value is -2.03. The van der Waals surface area contributed by atoms with Gasteiger partial charge in [-0.1, -0.05) is 17.7 Å². The minimum atomic E-state index is -4.93. The Morgan fingerprint density at radius 1 is 1.17 bits per heavy atom. The Bertz CT molecular complexity index is 1230. The lowest BCUT2D eigenvalue weighted by molar-refractivity contribution is -0.206. The molecule has 2 aromatic rings. The van der Waals surface area contributed by atoms with E-state index in [1.165, 1.54) is 30.3 Å². The number of benzene rings is 1. The third-order valence-electron chi connectivity index (χ3n) is 5.01. The van der Waals surface area contributed by atoms with Crippen LogP contribution < -0.4 is 0 Å². The van der Waals surface area contributed by atoms with Crippen molar-refractivity contribution in [2.75, 3.05) is 0 Å². The fraction of sp³-hybridized carbons (Fsp3) is 0.353. The van der Waals surface area contributed by atoms with E-state index < -0.39 is 60.5 Å². The molecule has 1 atom stereocenters. The van der Waals surface area contributed by atoms with Gasteiger partial charge in [-0.25, -0.2) is 20.8 Å². The predicted molar refractivity (Wildman–Crippen MR) is 97.4 cm³/mol. The Morgan fingerprint density at radius 2 is 1.76 bits per heavy atom. The molecular formula is C17H14ClF3N2O4S2. The Labute approximate surface area is 170 Å². The average Bonchev–Trinajstić information content (AvgIpc) is 3.00. The van der Waals surface area contributed by atoms with Gasteiger partial charge in [0.1, 0.15) is 4.90 Å². The topological polar surface area (TPSA) is 97.0 Å². The summed E-state index contributed by atoms with van der Waals surface area (Å²) in [7, 11) is -3.46. The molecule has 0 spiro atoms. The number of nitrogens with zero attached hydrogens (tertiary/aromatic N) is 2. The van der Waals surface area contributed by atoms with Gasteiger partial charge in [-0.2, -0.15) is 18.4 Å². The molecule has 3 rings (SSSR count). The van der Waals surface area contributed by atoms with Crippen LogP contribution in [0.25, 0.3) is 0 Å². The van der Waals surface area contributed by atoms with Crippen LogP contribution >= 0.6 is 10.7 Å². The van der Waals surface area contributed by atoms with Crippen LogP contribution in [0.1, 0.15) is 23.2 Å². The van der Waals surface area contributed by atoms with Crippen LogP contribution in [-0.2, 0) is 31.9 Å². The molecule has 0 unspecified atom stereocenters. The SMILES string of the molecule is Cc1ccc(S(=O)(=O)n2cc(S(=O)(=O)Cl)c3c2C[C@@](C#N)(C(F)(F)F)CC3)cc1. The molecule has 0 radical (unpaired) electrons. The van der Waals surface area contributed by atoms with Crippen molar-refractivity contribution in [3.63, 3.8) is 0 Å².